The van der Waals surface area contributed by atoms with Gasteiger partial charge in [-0.05, 0) is 31.5 Å². The number of aromatic hydroxyl groups is 1. The summed E-state index contributed by atoms with van der Waals surface area (Å²) in [5.41, 5.74) is 0.948. The Balaban J connectivity index is 2.03. The highest BCUT2D eigenvalue weighted by Crippen LogP contribution is 2.34. The van der Waals surface area contributed by atoms with Crippen LogP contribution in [0, 0.1) is 11.3 Å². The first-order chi connectivity index (χ1) is 13.9. The van der Waals surface area contributed by atoms with Gasteiger partial charge >= 0.3 is 0 Å². The molecule has 3 rings (SSSR count). The van der Waals surface area contributed by atoms with Crippen molar-refractivity contribution in [2.75, 3.05) is 0 Å². The highest BCUT2D eigenvalue weighted by atomic mass is 35.5. The third-order valence-corrected chi connectivity index (χ3v) is 4.89. The lowest BCUT2D eigenvalue weighted by Crippen LogP contribution is -2.19. The number of nitriles is 1. The zero-order valence-electron chi connectivity index (χ0n) is 15.9. The van der Waals surface area contributed by atoms with Gasteiger partial charge in [0.2, 0.25) is 0 Å². The number of pyridine rings is 1. The highest BCUT2D eigenvalue weighted by Gasteiger charge is 2.17. The summed E-state index contributed by atoms with van der Waals surface area (Å²) in [5, 5.41) is 19.8. The van der Waals surface area contributed by atoms with Crippen LogP contribution < -0.4 is 10.3 Å². The zero-order chi connectivity index (χ0) is 21.1. The Morgan fingerprint density at radius 1 is 1.34 bits per heavy atom. The maximum Gasteiger partial charge on any atom is 0.275 e. The van der Waals surface area contributed by atoms with Crippen LogP contribution in [-0.2, 0) is 13.0 Å². The fourth-order valence-corrected chi connectivity index (χ4v) is 3.26. The van der Waals surface area contributed by atoms with Crippen LogP contribution in [0.4, 0.5) is 0 Å². The molecule has 0 radical (unpaired) electrons. The minimum absolute atomic E-state index is 0.0168. The average molecular weight is 412 g/mol. The Hall–Kier alpha value is -3.37. The predicted molar refractivity (Wildman–Crippen MR) is 108 cm³/mol. The van der Waals surface area contributed by atoms with Crippen molar-refractivity contribution in [1.82, 2.24) is 9.38 Å². The molecule has 0 fully saturated rings. The average Bonchev–Trinajstić information content (AvgIpc) is 2.69. The third kappa shape index (κ3) is 3.80. The molecule has 148 valence electrons. The number of benzene rings is 1. The molecular formula is C21H18ClN3O4. The minimum atomic E-state index is -0.495. The van der Waals surface area contributed by atoms with Gasteiger partial charge < -0.3 is 9.84 Å². The van der Waals surface area contributed by atoms with Crippen LogP contribution >= 0.6 is 11.6 Å². The van der Waals surface area contributed by atoms with E-state index in [9.17, 15) is 14.7 Å². The quantitative estimate of drug-likeness (QED) is 0.620. The second-order valence-electron chi connectivity index (χ2n) is 6.46. The lowest BCUT2D eigenvalue weighted by molar-refractivity contribution is 0.101. The Morgan fingerprint density at radius 3 is 2.76 bits per heavy atom. The van der Waals surface area contributed by atoms with Crippen molar-refractivity contribution in [2.24, 2.45) is 0 Å². The van der Waals surface area contributed by atoms with Crippen molar-refractivity contribution < 1.29 is 14.6 Å². The Kier molecular flexibility index (Phi) is 5.85. The lowest BCUT2D eigenvalue weighted by Gasteiger charge is -2.16. The van der Waals surface area contributed by atoms with Gasteiger partial charge in [-0.15, -0.1) is 0 Å². The summed E-state index contributed by atoms with van der Waals surface area (Å²) in [5.74, 6) is 0.0951. The van der Waals surface area contributed by atoms with Gasteiger partial charge in [0.25, 0.3) is 5.56 Å². The van der Waals surface area contributed by atoms with Crippen LogP contribution in [0.1, 0.15) is 47.3 Å². The van der Waals surface area contributed by atoms with E-state index in [0.29, 0.717) is 28.3 Å². The number of rotatable bonds is 6. The standard InChI is InChI=1S/C21H18ClN3O4/c1-3-4-15-18(6-5-14(12(2)26)19(15)27)29-11-16-17(22)7-8-25-20(16)24-10-13(9-23)21(25)28/h5-8,10,27H,3-4,11H2,1-2H3. The number of aromatic nitrogens is 2. The van der Waals surface area contributed by atoms with Gasteiger partial charge in [-0.25, -0.2) is 4.98 Å². The molecule has 0 bridgehead atoms. The number of hydrogen-bond acceptors (Lipinski definition) is 6. The van der Waals surface area contributed by atoms with E-state index in [2.05, 4.69) is 4.98 Å². The molecule has 7 nitrogen and oxygen atoms in total. The largest absolute Gasteiger partial charge is 0.507 e. The molecule has 0 saturated heterocycles. The summed E-state index contributed by atoms with van der Waals surface area (Å²) in [7, 11) is 0. The van der Waals surface area contributed by atoms with Crippen molar-refractivity contribution in [2.45, 2.75) is 33.3 Å². The van der Waals surface area contributed by atoms with E-state index in [4.69, 9.17) is 21.6 Å². The molecule has 0 spiro atoms. The second-order valence-corrected chi connectivity index (χ2v) is 6.87. The molecular weight excluding hydrogens is 394 g/mol. The molecule has 8 heteroatoms. The number of carbonyl (C=O) groups excluding carboxylic acids is 1. The molecule has 0 aliphatic carbocycles. The normalized spacial score (nSPS) is 10.7. The van der Waals surface area contributed by atoms with Gasteiger partial charge in [0.15, 0.2) is 5.78 Å². The Bertz CT molecular complexity index is 1210. The summed E-state index contributed by atoms with van der Waals surface area (Å²) in [6.45, 7) is 3.32. The van der Waals surface area contributed by atoms with Gasteiger partial charge in [0, 0.05) is 11.8 Å². The number of ether oxygens (including phenoxy) is 1. The molecule has 0 aliphatic rings. The first-order valence-electron chi connectivity index (χ1n) is 8.96. The van der Waals surface area contributed by atoms with E-state index in [-0.39, 0.29) is 34.9 Å². The summed E-state index contributed by atoms with van der Waals surface area (Å²) < 4.78 is 7.14. The first kappa shape index (κ1) is 20.4. The summed E-state index contributed by atoms with van der Waals surface area (Å²) >= 11 is 6.30. The van der Waals surface area contributed by atoms with Crippen molar-refractivity contribution in [1.29, 1.82) is 5.26 Å². The zero-order valence-corrected chi connectivity index (χ0v) is 16.7. The fraction of sp³-hybridized carbons (Fsp3) is 0.238. The number of ketones is 1. The van der Waals surface area contributed by atoms with Gasteiger partial charge in [-0.1, -0.05) is 24.9 Å². The molecule has 1 N–H and O–H groups in total. The van der Waals surface area contributed by atoms with Gasteiger partial charge in [0.1, 0.15) is 35.4 Å². The van der Waals surface area contributed by atoms with Crippen LogP contribution in [0.3, 0.4) is 0 Å². The molecule has 2 heterocycles. The van der Waals surface area contributed by atoms with Crippen molar-refractivity contribution >= 4 is 23.0 Å². The summed E-state index contributed by atoms with van der Waals surface area (Å²) in [6, 6.07) is 6.48. The van der Waals surface area contributed by atoms with Crippen molar-refractivity contribution in [3.05, 3.63) is 68.2 Å². The SMILES string of the molecule is CCCc1c(OCc2c(Cl)ccn3c(=O)c(C#N)cnc23)ccc(C(C)=O)c1O. The van der Waals surface area contributed by atoms with Gasteiger partial charge in [0.05, 0.1) is 22.3 Å². The molecule has 0 unspecified atom stereocenters. The van der Waals surface area contributed by atoms with E-state index in [1.165, 1.54) is 35.9 Å². The Morgan fingerprint density at radius 2 is 2.10 bits per heavy atom. The molecule has 0 atom stereocenters. The van der Waals surface area contributed by atoms with Gasteiger partial charge in [-0.3, -0.25) is 14.0 Å². The van der Waals surface area contributed by atoms with E-state index < -0.39 is 5.56 Å². The lowest BCUT2D eigenvalue weighted by atomic mass is 10.0. The Labute approximate surface area is 171 Å². The number of phenolic OH excluding ortho intramolecular Hbond substituents is 1. The minimum Gasteiger partial charge on any atom is -0.507 e. The van der Waals surface area contributed by atoms with E-state index >= 15 is 0 Å². The molecule has 0 aliphatic heterocycles. The maximum absolute atomic E-state index is 12.3. The van der Waals surface area contributed by atoms with Crippen LogP contribution in [-0.4, -0.2) is 20.3 Å². The third-order valence-electron chi connectivity index (χ3n) is 4.53. The first-order valence-corrected chi connectivity index (χ1v) is 9.34. The van der Waals surface area contributed by atoms with Crippen LogP contribution in [0.15, 0.2) is 35.4 Å². The number of Topliss-reactive ketones (excluding diaryl/α,β-unsaturated/α-hetero) is 1. The van der Waals surface area contributed by atoms with Crippen molar-refractivity contribution in [3.63, 3.8) is 0 Å². The van der Waals surface area contributed by atoms with Crippen LogP contribution in [0.25, 0.3) is 5.65 Å². The predicted octanol–water partition coefficient (Wildman–Crippen LogP) is 3.66. The fourth-order valence-electron chi connectivity index (χ4n) is 3.07. The van der Waals surface area contributed by atoms with E-state index in [1.807, 2.05) is 6.92 Å². The molecule has 3 aromatic rings. The van der Waals surface area contributed by atoms with E-state index in [1.54, 1.807) is 12.1 Å². The molecule has 1 aromatic carbocycles. The van der Waals surface area contributed by atoms with Crippen molar-refractivity contribution in [3.8, 4) is 17.6 Å². The van der Waals surface area contributed by atoms with Gasteiger partial charge in [-0.2, -0.15) is 5.26 Å². The molecule has 0 amide bonds. The smallest absolute Gasteiger partial charge is 0.275 e. The van der Waals surface area contributed by atoms with Crippen LogP contribution in [0.5, 0.6) is 11.5 Å². The van der Waals surface area contributed by atoms with E-state index in [0.717, 1.165) is 6.42 Å². The summed E-state index contributed by atoms with van der Waals surface area (Å²) in [6.07, 6.45) is 3.92. The monoisotopic (exact) mass is 411 g/mol. The number of halogens is 1. The molecule has 2 aromatic heterocycles. The second kappa shape index (κ2) is 8.33. The number of phenols is 1. The summed E-state index contributed by atoms with van der Waals surface area (Å²) in [4.78, 5) is 28.2. The molecule has 29 heavy (non-hydrogen) atoms. The number of carbonyl (C=O) groups is 1. The topological polar surface area (TPSA) is 105 Å². The number of hydrogen-bond donors (Lipinski definition) is 1. The number of fused-ring (bicyclic) bond motifs is 1. The molecule has 0 saturated carbocycles. The maximum atomic E-state index is 12.3. The number of nitrogens with zero attached hydrogens (tertiary/aromatic N) is 3. The van der Waals surface area contributed by atoms with Crippen LogP contribution in [0.2, 0.25) is 5.02 Å². The highest BCUT2D eigenvalue weighted by molar-refractivity contribution is 6.31.